The minimum absolute atomic E-state index is 0.111. The molecule has 5 nitrogen and oxygen atoms in total. The Morgan fingerprint density at radius 3 is 0.706 bits per heavy atom. The molecule has 0 spiro atoms. The number of halogens is 2. The molecular formula is C10H18Cl2O5. The second-order valence-electron chi connectivity index (χ2n) is 1.35. The zero-order chi connectivity index (χ0) is 14.9. The maximum atomic E-state index is 9.04. The lowest BCUT2D eigenvalue weighted by atomic mass is 10.9. The molecule has 0 bridgehead atoms. The lowest BCUT2D eigenvalue weighted by Crippen LogP contribution is -1.63. The van der Waals surface area contributed by atoms with Crippen LogP contribution < -0.4 is 0 Å². The Hall–Kier alpha value is -1.07. The van der Waals surface area contributed by atoms with Gasteiger partial charge in [-0.15, -0.1) is 23.2 Å². The summed E-state index contributed by atoms with van der Waals surface area (Å²) >= 11 is 9.64. The van der Waals surface area contributed by atoms with E-state index in [0.717, 1.165) is 18.9 Å². The molecule has 0 aromatic rings. The molecule has 102 valence electrons. The van der Waals surface area contributed by atoms with E-state index < -0.39 is 0 Å². The van der Waals surface area contributed by atoms with Crippen LogP contribution >= 0.6 is 23.2 Å². The van der Waals surface area contributed by atoms with Crippen molar-refractivity contribution in [1.29, 1.82) is 0 Å². The Morgan fingerprint density at radius 2 is 0.706 bits per heavy atom. The Kier molecular flexibility index (Phi) is 144. The fourth-order valence-corrected chi connectivity index (χ4v) is 0. The molecule has 0 atom stereocenters. The number of hydrogen-bond donors (Lipinski definition) is 0. The van der Waals surface area contributed by atoms with Gasteiger partial charge in [-0.2, -0.15) is 0 Å². The van der Waals surface area contributed by atoms with E-state index in [2.05, 4.69) is 0 Å². The van der Waals surface area contributed by atoms with Gasteiger partial charge in [0.15, 0.2) is 0 Å². The van der Waals surface area contributed by atoms with Crippen LogP contribution in [-0.2, 0) is 24.0 Å². The SMILES string of the molecule is CC=O.CC=O.CC=O.O=CCCl.O=CCCl. The number of aldehydes is 5. The summed E-state index contributed by atoms with van der Waals surface area (Å²) in [6.07, 6.45) is 3.53. The lowest BCUT2D eigenvalue weighted by molar-refractivity contribution is -0.106. The van der Waals surface area contributed by atoms with Crippen molar-refractivity contribution in [3.63, 3.8) is 0 Å². The fraction of sp³-hybridized carbons (Fsp3) is 0.500. The van der Waals surface area contributed by atoms with Crippen molar-refractivity contribution in [3.05, 3.63) is 0 Å². The molecule has 0 aromatic carbocycles. The van der Waals surface area contributed by atoms with Crippen molar-refractivity contribution >= 4 is 54.6 Å². The van der Waals surface area contributed by atoms with E-state index in [1.807, 2.05) is 0 Å². The number of carbonyl (C=O) groups excluding carboxylic acids is 5. The summed E-state index contributed by atoms with van der Waals surface area (Å²) in [7, 11) is 0. The highest BCUT2D eigenvalue weighted by Gasteiger charge is 1.55. The molecule has 17 heavy (non-hydrogen) atoms. The summed E-state index contributed by atoms with van der Waals surface area (Å²) < 4.78 is 0. The summed E-state index contributed by atoms with van der Waals surface area (Å²) in [5.74, 6) is 0.222. The van der Waals surface area contributed by atoms with E-state index in [0.29, 0.717) is 12.6 Å². The van der Waals surface area contributed by atoms with E-state index in [9.17, 15) is 0 Å². The molecule has 0 aromatic heterocycles. The molecule has 0 aliphatic heterocycles. The fourth-order valence-electron chi connectivity index (χ4n) is 0. The zero-order valence-electron chi connectivity index (χ0n) is 10.1. The van der Waals surface area contributed by atoms with Gasteiger partial charge in [0, 0.05) is 0 Å². The highest BCUT2D eigenvalue weighted by atomic mass is 35.5. The second-order valence-corrected chi connectivity index (χ2v) is 1.97. The standard InChI is InChI=1S/2C2H3ClO.3C2H4O/c2*3-1-2-4;3*1-2-3/h2*2H,1H2;3*2H,1H3. The van der Waals surface area contributed by atoms with Gasteiger partial charge in [0.2, 0.25) is 0 Å². The number of carbonyl (C=O) groups is 5. The summed E-state index contributed by atoms with van der Waals surface area (Å²) in [5, 5.41) is 0. The van der Waals surface area contributed by atoms with Crippen molar-refractivity contribution < 1.29 is 24.0 Å². The van der Waals surface area contributed by atoms with Crippen LogP contribution in [0.5, 0.6) is 0 Å². The predicted molar refractivity (Wildman–Crippen MR) is 68.8 cm³/mol. The van der Waals surface area contributed by atoms with Gasteiger partial charge in [0.1, 0.15) is 31.4 Å². The highest BCUT2D eigenvalue weighted by molar-refractivity contribution is 6.24. The van der Waals surface area contributed by atoms with Crippen molar-refractivity contribution in [2.24, 2.45) is 0 Å². The molecule has 0 radical (unpaired) electrons. The van der Waals surface area contributed by atoms with Gasteiger partial charge in [0.05, 0.1) is 11.8 Å². The number of hydrogen-bond acceptors (Lipinski definition) is 5. The van der Waals surface area contributed by atoms with Crippen LogP contribution in [0.25, 0.3) is 0 Å². The van der Waals surface area contributed by atoms with Crippen molar-refractivity contribution in [3.8, 4) is 0 Å². The summed E-state index contributed by atoms with van der Waals surface area (Å²) in [4.78, 5) is 44.5. The quantitative estimate of drug-likeness (QED) is 0.567. The molecule has 0 unspecified atom stereocenters. The highest BCUT2D eigenvalue weighted by Crippen LogP contribution is 1.58. The van der Waals surface area contributed by atoms with Gasteiger partial charge in [-0.05, 0) is 20.8 Å². The summed E-state index contributed by atoms with van der Waals surface area (Å²) in [6, 6.07) is 0. The predicted octanol–water partition coefficient (Wildman–Crippen LogP) is 1.46. The van der Waals surface area contributed by atoms with Gasteiger partial charge in [0.25, 0.3) is 0 Å². The minimum Gasteiger partial charge on any atom is -0.304 e. The first-order chi connectivity index (χ1) is 8.07. The Morgan fingerprint density at radius 1 is 0.647 bits per heavy atom. The number of rotatable bonds is 2. The lowest BCUT2D eigenvalue weighted by Gasteiger charge is -1.49. The van der Waals surface area contributed by atoms with Crippen LogP contribution in [0.1, 0.15) is 20.8 Å². The zero-order valence-corrected chi connectivity index (χ0v) is 11.6. The first kappa shape index (κ1) is 29.7. The first-order valence-electron chi connectivity index (χ1n) is 4.26. The van der Waals surface area contributed by atoms with Gasteiger partial charge in [-0.25, -0.2) is 0 Å². The van der Waals surface area contributed by atoms with Crippen molar-refractivity contribution in [1.82, 2.24) is 0 Å². The van der Waals surface area contributed by atoms with E-state index in [-0.39, 0.29) is 11.8 Å². The molecule has 0 saturated carbocycles. The molecular weight excluding hydrogens is 271 g/mol. The molecule has 0 aliphatic carbocycles. The van der Waals surface area contributed by atoms with Crippen molar-refractivity contribution in [2.75, 3.05) is 11.8 Å². The average molecular weight is 289 g/mol. The third-order valence-electron chi connectivity index (χ3n) is 0.126. The van der Waals surface area contributed by atoms with Gasteiger partial charge < -0.3 is 24.0 Å². The van der Waals surface area contributed by atoms with Crippen LogP contribution in [-0.4, -0.2) is 43.2 Å². The van der Waals surface area contributed by atoms with E-state index in [4.69, 9.17) is 47.2 Å². The monoisotopic (exact) mass is 288 g/mol. The second kappa shape index (κ2) is 82.4. The maximum Gasteiger partial charge on any atom is 0.134 e. The molecule has 0 amide bonds. The molecule has 0 rings (SSSR count). The van der Waals surface area contributed by atoms with Crippen LogP contribution in [0.15, 0.2) is 0 Å². The Bertz CT molecular complexity index is 129. The third-order valence-corrected chi connectivity index (χ3v) is 0.378. The summed E-state index contributed by atoms with van der Waals surface area (Å²) in [5.41, 5.74) is 0. The Labute approximate surface area is 111 Å². The van der Waals surface area contributed by atoms with Gasteiger partial charge in [-0.1, -0.05) is 0 Å². The van der Waals surface area contributed by atoms with E-state index in [1.54, 1.807) is 0 Å². The molecule has 0 N–H and O–H groups in total. The first-order valence-corrected chi connectivity index (χ1v) is 5.33. The summed E-state index contributed by atoms with van der Waals surface area (Å²) in [6.45, 7) is 4.33. The van der Waals surface area contributed by atoms with Gasteiger partial charge in [-0.3, -0.25) is 0 Å². The van der Waals surface area contributed by atoms with Crippen LogP contribution in [0.2, 0.25) is 0 Å². The topological polar surface area (TPSA) is 85.3 Å². The molecule has 0 heterocycles. The largest absolute Gasteiger partial charge is 0.304 e. The van der Waals surface area contributed by atoms with E-state index in [1.165, 1.54) is 20.8 Å². The maximum absolute atomic E-state index is 9.04. The van der Waals surface area contributed by atoms with Crippen LogP contribution in [0.4, 0.5) is 0 Å². The number of alkyl halides is 2. The van der Waals surface area contributed by atoms with Crippen LogP contribution in [0, 0.1) is 0 Å². The van der Waals surface area contributed by atoms with Crippen LogP contribution in [0.3, 0.4) is 0 Å². The molecule has 0 fully saturated rings. The minimum atomic E-state index is 0.111. The molecule has 7 heteroatoms. The van der Waals surface area contributed by atoms with E-state index >= 15 is 0 Å². The molecule has 0 aliphatic rings. The third kappa shape index (κ3) is 2890. The van der Waals surface area contributed by atoms with Crippen molar-refractivity contribution in [2.45, 2.75) is 20.8 Å². The van der Waals surface area contributed by atoms with Gasteiger partial charge >= 0.3 is 0 Å². The Balaban J connectivity index is -0.0000000356. The average Bonchev–Trinajstić information content (AvgIpc) is 2.32. The smallest absolute Gasteiger partial charge is 0.134 e. The normalized spacial score (nSPS) is 5.24. The molecule has 0 saturated heterocycles.